The number of aromatic amines is 1. The maximum Gasteiger partial charge on any atom is 0.269 e. The van der Waals surface area contributed by atoms with Crippen molar-refractivity contribution in [2.45, 2.75) is 45.4 Å². The number of primary amides is 1. The van der Waals surface area contributed by atoms with Gasteiger partial charge in [0.1, 0.15) is 0 Å². The highest BCUT2D eigenvalue weighted by Crippen LogP contribution is 2.31. The molecule has 1 aliphatic heterocycles. The number of carbonyl (C=O) groups is 2. The molecule has 0 radical (unpaired) electrons. The summed E-state index contributed by atoms with van der Waals surface area (Å²) in [5.41, 5.74) is 8.85. The number of nitrogens with one attached hydrogen (secondary N) is 1. The second-order valence-electron chi connectivity index (χ2n) is 7.53. The van der Waals surface area contributed by atoms with Crippen molar-refractivity contribution in [2.75, 3.05) is 19.6 Å². The van der Waals surface area contributed by atoms with Gasteiger partial charge in [0.25, 0.3) is 5.91 Å². The van der Waals surface area contributed by atoms with Crippen molar-refractivity contribution in [1.82, 2.24) is 15.1 Å². The number of likely N-dealkylation sites (tertiary alicyclic amines) is 1. The van der Waals surface area contributed by atoms with Crippen LogP contribution >= 0.6 is 0 Å². The highest BCUT2D eigenvalue weighted by molar-refractivity contribution is 6.00. The van der Waals surface area contributed by atoms with Crippen molar-refractivity contribution >= 4 is 11.7 Å². The van der Waals surface area contributed by atoms with Crippen molar-refractivity contribution in [1.29, 1.82) is 0 Å². The second-order valence-corrected chi connectivity index (χ2v) is 7.53. The summed E-state index contributed by atoms with van der Waals surface area (Å²) in [7, 11) is 0. The molecule has 1 aromatic carbocycles. The first-order valence-corrected chi connectivity index (χ1v) is 9.71. The van der Waals surface area contributed by atoms with Gasteiger partial charge < -0.3 is 10.6 Å². The average molecular weight is 368 g/mol. The van der Waals surface area contributed by atoms with E-state index in [1.807, 2.05) is 38.1 Å². The molecule has 0 bridgehead atoms. The number of piperidine rings is 1. The first kappa shape index (κ1) is 19.3. The summed E-state index contributed by atoms with van der Waals surface area (Å²) >= 11 is 0. The van der Waals surface area contributed by atoms with E-state index < -0.39 is 5.91 Å². The molecule has 27 heavy (non-hydrogen) atoms. The Hall–Kier alpha value is -2.47. The lowest BCUT2D eigenvalue weighted by atomic mass is 9.95. The van der Waals surface area contributed by atoms with Crippen LogP contribution in [-0.4, -0.2) is 46.4 Å². The van der Waals surface area contributed by atoms with Crippen LogP contribution in [0.2, 0.25) is 0 Å². The van der Waals surface area contributed by atoms with Gasteiger partial charge in [-0.05, 0) is 37.4 Å². The molecule has 2 aromatic rings. The Morgan fingerprint density at radius 1 is 1.15 bits per heavy atom. The Balaban J connectivity index is 1.74. The third kappa shape index (κ3) is 4.45. The number of ketones is 1. The number of nitrogens with two attached hydrogens (primary N) is 1. The summed E-state index contributed by atoms with van der Waals surface area (Å²) in [5, 5.41) is 7.00. The third-order valence-corrected chi connectivity index (χ3v) is 5.20. The largest absolute Gasteiger partial charge is 0.364 e. The Kier molecular flexibility index (Phi) is 6.06. The number of H-pyrrole nitrogens is 1. The highest BCUT2D eigenvalue weighted by Gasteiger charge is 2.21. The standard InChI is InChI=1S/C21H28N4O2/c1-14(2)19-18(20(21(22)27)24-23-19)16-8-6-15(7-9-16)17(26)10-13-25-11-4-3-5-12-25/h6-9,14H,3-5,10-13H2,1-2H3,(H2,22,27)(H,23,24). The number of hydrogen-bond acceptors (Lipinski definition) is 4. The van der Waals surface area contributed by atoms with Crippen LogP contribution in [0.4, 0.5) is 0 Å². The highest BCUT2D eigenvalue weighted by atomic mass is 16.1. The van der Waals surface area contributed by atoms with Crippen molar-refractivity contribution in [3.05, 3.63) is 41.2 Å². The molecule has 1 aliphatic rings. The third-order valence-electron chi connectivity index (χ3n) is 5.20. The topological polar surface area (TPSA) is 92.1 Å². The van der Waals surface area contributed by atoms with E-state index in [0.29, 0.717) is 12.0 Å². The van der Waals surface area contributed by atoms with E-state index in [0.717, 1.165) is 36.5 Å². The molecule has 3 rings (SSSR count). The molecule has 2 heterocycles. The zero-order chi connectivity index (χ0) is 19.4. The van der Waals surface area contributed by atoms with Gasteiger partial charge in [-0.25, -0.2) is 0 Å². The molecule has 3 N–H and O–H groups in total. The van der Waals surface area contributed by atoms with E-state index in [1.54, 1.807) is 0 Å². The van der Waals surface area contributed by atoms with Crippen LogP contribution in [0.5, 0.6) is 0 Å². The fraction of sp³-hybridized carbons (Fsp3) is 0.476. The minimum atomic E-state index is -0.560. The maximum atomic E-state index is 12.5. The van der Waals surface area contributed by atoms with Crippen molar-refractivity contribution < 1.29 is 9.59 Å². The summed E-state index contributed by atoms with van der Waals surface area (Å²) in [6.45, 7) is 7.08. The lowest BCUT2D eigenvalue weighted by molar-refractivity contribution is 0.0957. The van der Waals surface area contributed by atoms with Gasteiger partial charge in [-0.2, -0.15) is 5.10 Å². The molecule has 0 unspecified atom stereocenters. The van der Waals surface area contributed by atoms with Crippen LogP contribution < -0.4 is 5.73 Å². The number of nitrogens with zero attached hydrogens (tertiary/aromatic N) is 2. The summed E-state index contributed by atoms with van der Waals surface area (Å²) in [6, 6.07) is 7.40. The van der Waals surface area contributed by atoms with E-state index in [2.05, 4.69) is 15.1 Å². The number of benzene rings is 1. The molecular formula is C21H28N4O2. The smallest absolute Gasteiger partial charge is 0.269 e. The molecule has 1 aromatic heterocycles. The summed E-state index contributed by atoms with van der Waals surface area (Å²) in [4.78, 5) is 26.6. The first-order valence-electron chi connectivity index (χ1n) is 9.71. The quantitative estimate of drug-likeness (QED) is 0.733. The van der Waals surface area contributed by atoms with E-state index in [1.165, 1.54) is 19.3 Å². The van der Waals surface area contributed by atoms with E-state index in [-0.39, 0.29) is 17.4 Å². The van der Waals surface area contributed by atoms with Gasteiger partial charge >= 0.3 is 0 Å². The molecule has 0 spiro atoms. The maximum absolute atomic E-state index is 12.5. The minimum Gasteiger partial charge on any atom is -0.364 e. The Labute approximate surface area is 160 Å². The molecule has 6 heteroatoms. The number of Topliss-reactive ketones (excluding diaryl/α,β-unsaturated/α-hetero) is 1. The molecule has 6 nitrogen and oxygen atoms in total. The monoisotopic (exact) mass is 368 g/mol. The Morgan fingerprint density at radius 2 is 1.81 bits per heavy atom. The van der Waals surface area contributed by atoms with Gasteiger partial charge in [0.15, 0.2) is 11.5 Å². The van der Waals surface area contributed by atoms with E-state index in [9.17, 15) is 9.59 Å². The normalized spacial score (nSPS) is 15.2. The Morgan fingerprint density at radius 3 is 2.41 bits per heavy atom. The van der Waals surface area contributed by atoms with Crippen molar-refractivity contribution in [2.24, 2.45) is 5.73 Å². The molecule has 1 fully saturated rings. The predicted octanol–water partition coefficient (Wildman–Crippen LogP) is 3.36. The molecule has 0 atom stereocenters. The first-order chi connectivity index (χ1) is 13.0. The number of rotatable bonds is 7. The number of hydrogen-bond donors (Lipinski definition) is 2. The van der Waals surface area contributed by atoms with Gasteiger partial charge in [-0.15, -0.1) is 0 Å². The lowest BCUT2D eigenvalue weighted by Crippen LogP contribution is -2.31. The molecule has 1 saturated heterocycles. The molecule has 0 aliphatic carbocycles. The summed E-state index contributed by atoms with van der Waals surface area (Å²) < 4.78 is 0. The minimum absolute atomic E-state index is 0.151. The van der Waals surface area contributed by atoms with Gasteiger partial charge in [0.2, 0.25) is 0 Å². The van der Waals surface area contributed by atoms with Crippen molar-refractivity contribution in [3.8, 4) is 11.1 Å². The average Bonchev–Trinajstić information content (AvgIpc) is 3.13. The molecule has 144 valence electrons. The second kappa shape index (κ2) is 8.48. The van der Waals surface area contributed by atoms with Crippen LogP contribution in [0.3, 0.4) is 0 Å². The van der Waals surface area contributed by atoms with Gasteiger partial charge in [-0.3, -0.25) is 14.7 Å². The SMILES string of the molecule is CC(C)c1[nH]nc(C(N)=O)c1-c1ccc(C(=O)CCN2CCCCC2)cc1. The summed E-state index contributed by atoms with van der Waals surface area (Å²) in [6.07, 6.45) is 4.29. The van der Waals surface area contributed by atoms with E-state index >= 15 is 0 Å². The number of aromatic nitrogens is 2. The fourth-order valence-corrected chi connectivity index (χ4v) is 3.65. The van der Waals surface area contributed by atoms with Gasteiger partial charge in [-0.1, -0.05) is 44.5 Å². The van der Waals surface area contributed by atoms with Crippen LogP contribution in [0.15, 0.2) is 24.3 Å². The van der Waals surface area contributed by atoms with E-state index in [4.69, 9.17) is 5.73 Å². The van der Waals surface area contributed by atoms with Gasteiger partial charge in [0.05, 0.1) is 0 Å². The Bertz CT molecular complexity index is 802. The molecule has 1 amide bonds. The zero-order valence-corrected chi connectivity index (χ0v) is 16.1. The van der Waals surface area contributed by atoms with Gasteiger partial charge in [0, 0.05) is 29.8 Å². The fourth-order valence-electron chi connectivity index (χ4n) is 3.65. The van der Waals surface area contributed by atoms with Crippen LogP contribution in [0.1, 0.15) is 72.0 Å². The lowest BCUT2D eigenvalue weighted by Gasteiger charge is -2.25. The number of amides is 1. The molecular weight excluding hydrogens is 340 g/mol. The number of carbonyl (C=O) groups excluding carboxylic acids is 2. The summed E-state index contributed by atoms with van der Waals surface area (Å²) in [5.74, 6) is -0.236. The zero-order valence-electron chi connectivity index (χ0n) is 16.1. The van der Waals surface area contributed by atoms with Crippen LogP contribution in [-0.2, 0) is 0 Å². The van der Waals surface area contributed by atoms with Crippen LogP contribution in [0.25, 0.3) is 11.1 Å². The van der Waals surface area contributed by atoms with Crippen LogP contribution in [0, 0.1) is 0 Å². The molecule has 0 saturated carbocycles. The predicted molar refractivity (Wildman–Crippen MR) is 106 cm³/mol. The van der Waals surface area contributed by atoms with Crippen molar-refractivity contribution in [3.63, 3.8) is 0 Å².